The third kappa shape index (κ3) is 6.13. The van der Waals surface area contributed by atoms with Gasteiger partial charge < -0.3 is 10.2 Å². The molecule has 3 aliphatic rings. The minimum Gasteiger partial charge on any atom is -0.354 e. The van der Waals surface area contributed by atoms with Crippen LogP contribution in [0.5, 0.6) is 0 Å². The normalized spacial score (nSPS) is 21.2. The number of carbonyl (C=O) groups is 2. The van der Waals surface area contributed by atoms with E-state index in [-0.39, 0.29) is 51.3 Å². The van der Waals surface area contributed by atoms with Gasteiger partial charge >= 0.3 is 0 Å². The van der Waals surface area contributed by atoms with Crippen LogP contribution in [0.25, 0.3) is 0 Å². The van der Waals surface area contributed by atoms with Gasteiger partial charge in [-0.25, -0.2) is 17.6 Å². The first-order valence-corrected chi connectivity index (χ1v) is 12.9. The number of nitrogens with one attached hydrogen (secondary N) is 1. The number of nitriles is 1. The molecule has 9 nitrogen and oxygen atoms in total. The van der Waals surface area contributed by atoms with E-state index in [9.17, 15) is 35.6 Å². The van der Waals surface area contributed by atoms with Crippen molar-refractivity contribution in [3.8, 4) is 6.07 Å². The van der Waals surface area contributed by atoms with Gasteiger partial charge in [0.15, 0.2) is 23.3 Å². The Labute approximate surface area is 208 Å². The van der Waals surface area contributed by atoms with Crippen LogP contribution in [0.3, 0.4) is 0 Å². The largest absolute Gasteiger partial charge is 0.354 e. The third-order valence-corrected chi connectivity index (χ3v) is 8.33. The van der Waals surface area contributed by atoms with Crippen LogP contribution in [0, 0.1) is 46.4 Å². The Kier molecular flexibility index (Phi) is 9.26. The van der Waals surface area contributed by atoms with Gasteiger partial charge in [0, 0.05) is 58.9 Å². The zero-order chi connectivity index (χ0) is 26.5. The maximum absolute atomic E-state index is 12.8. The molecule has 1 aromatic rings. The second-order valence-electron chi connectivity index (χ2n) is 8.83. The molecule has 0 saturated carbocycles. The topological polar surface area (TPSA) is 114 Å². The van der Waals surface area contributed by atoms with Crippen LogP contribution in [0.1, 0.15) is 32.7 Å². The minimum absolute atomic E-state index is 0. The van der Waals surface area contributed by atoms with Crippen LogP contribution in [0.2, 0.25) is 0 Å². The van der Waals surface area contributed by atoms with Crippen LogP contribution in [0.15, 0.2) is 6.07 Å². The fraction of sp³-hybridized carbons (Fsp3) is 0.591. The number of halogens is 4. The van der Waals surface area contributed by atoms with E-state index >= 15 is 0 Å². The van der Waals surface area contributed by atoms with Gasteiger partial charge in [-0.2, -0.15) is 22.3 Å². The van der Waals surface area contributed by atoms with Crippen LogP contribution in [-0.4, -0.2) is 73.5 Å². The van der Waals surface area contributed by atoms with Gasteiger partial charge in [-0.05, 0) is 25.7 Å². The summed E-state index contributed by atoms with van der Waals surface area (Å²) in [5.74, 6) is -6.29. The molecule has 1 N–H and O–H groups in total. The number of hydrogen-bond donors (Lipinski definition) is 1. The van der Waals surface area contributed by atoms with Crippen molar-refractivity contribution in [1.82, 2.24) is 18.8 Å². The molecule has 0 spiro atoms. The summed E-state index contributed by atoms with van der Waals surface area (Å²) >= 11 is 0. The predicted molar refractivity (Wildman–Crippen MR) is 121 cm³/mol. The van der Waals surface area contributed by atoms with Gasteiger partial charge in [-0.15, -0.1) is 0 Å². The fourth-order valence-corrected chi connectivity index (χ4v) is 6.13. The molecule has 2 amide bonds. The lowest BCUT2D eigenvalue weighted by Crippen LogP contribution is -2.57. The molecule has 0 radical (unpaired) electrons. The second kappa shape index (κ2) is 12.0. The van der Waals surface area contributed by atoms with Crippen LogP contribution >= 0.6 is 0 Å². The van der Waals surface area contributed by atoms with Gasteiger partial charge in [0.05, 0.1) is 17.9 Å². The SMILES string of the molecule is N#CC1CN(S(=O)(=O)N2CCC[C@H](C(=O)N3CCCC3)C2)C1.O=CNCc1c(F)c(F)cc(F)c1F.[HH]. The number of amides is 2. The number of hydrogen-bond acceptors (Lipinski definition) is 5. The summed E-state index contributed by atoms with van der Waals surface area (Å²) in [6.07, 6.45) is 3.75. The van der Waals surface area contributed by atoms with Gasteiger partial charge in [-0.3, -0.25) is 9.59 Å². The van der Waals surface area contributed by atoms with Gasteiger partial charge in [-0.1, -0.05) is 0 Å². The lowest BCUT2D eigenvalue weighted by Gasteiger charge is -2.40. The maximum atomic E-state index is 12.8. The molecular formula is C22H29F4N5O4S. The van der Waals surface area contributed by atoms with Gasteiger partial charge in [0.2, 0.25) is 12.3 Å². The van der Waals surface area contributed by atoms with Gasteiger partial charge in [0.1, 0.15) is 0 Å². The molecule has 0 aromatic heterocycles. The molecule has 3 saturated heterocycles. The summed E-state index contributed by atoms with van der Waals surface area (Å²) in [6, 6.07) is 2.19. The van der Waals surface area contributed by atoms with Crippen molar-refractivity contribution in [2.75, 3.05) is 39.3 Å². The molecule has 0 bridgehead atoms. The number of piperidine rings is 1. The van der Waals surface area contributed by atoms with Gasteiger partial charge in [0.25, 0.3) is 10.2 Å². The van der Waals surface area contributed by atoms with E-state index in [1.807, 2.05) is 10.2 Å². The minimum atomic E-state index is -3.51. The number of nitrogens with zero attached hydrogens (tertiary/aromatic N) is 4. The Morgan fingerprint density at radius 1 is 1.06 bits per heavy atom. The lowest BCUT2D eigenvalue weighted by atomic mass is 9.98. The van der Waals surface area contributed by atoms with Crippen molar-refractivity contribution < 1.29 is 37.0 Å². The fourth-order valence-electron chi connectivity index (χ4n) is 4.34. The zero-order valence-electron chi connectivity index (χ0n) is 19.4. The van der Waals surface area contributed by atoms with Crippen molar-refractivity contribution >= 4 is 22.5 Å². The molecule has 0 unspecified atom stereocenters. The smallest absolute Gasteiger partial charge is 0.282 e. The van der Waals surface area contributed by atoms with E-state index in [1.165, 1.54) is 8.61 Å². The first-order valence-electron chi connectivity index (χ1n) is 11.5. The summed E-state index contributed by atoms with van der Waals surface area (Å²) < 4.78 is 78.6. The van der Waals surface area contributed by atoms with E-state index in [2.05, 4.69) is 6.07 Å². The summed E-state index contributed by atoms with van der Waals surface area (Å²) in [6.45, 7) is 2.32. The summed E-state index contributed by atoms with van der Waals surface area (Å²) in [4.78, 5) is 24.2. The number of carbonyl (C=O) groups excluding carboxylic acids is 2. The highest BCUT2D eigenvalue weighted by Crippen LogP contribution is 2.27. The first-order chi connectivity index (χ1) is 17.1. The van der Waals surface area contributed by atoms with Crippen LogP contribution < -0.4 is 5.32 Å². The Balaban J connectivity index is 0.000000280. The summed E-state index contributed by atoms with van der Waals surface area (Å²) in [5, 5.41) is 10.7. The molecule has 14 heteroatoms. The standard InChI is InChI=1S/C14H22N4O3S.C8H5F4NO.H2/c15-8-12-9-18(10-12)22(20,21)17-7-3-4-13(11-17)14(19)16-5-1-2-6-16;9-5-1-6(10)8(12)4(7(5)11)2-13-3-14;/h12-13H,1-7,9-11H2;1,3H,2H2,(H,13,14);1H/t13-;;/m0../s1. The molecule has 3 heterocycles. The average molecular weight is 536 g/mol. The molecule has 3 aliphatic heterocycles. The Bertz CT molecular complexity index is 1100. The van der Waals surface area contributed by atoms with Crippen molar-refractivity contribution in [1.29, 1.82) is 5.26 Å². The highest BCUT2D eigenvalue weighted by molar-refractivity contribution is 7.86. The molecule has 3 fully saturated rings. The molecule has 36 heavy (non-hydrogen) atoms. The maximum Gasteiger partial charge on any atom is 0.282 e. The van der Waals surface area contributed by atoms with E-state index in [0.717, 1.165) is 38.8 Å². The Morgan fingerprint density at radius 2 is 1.67 bits per heavy atom. The third-order valence-electron chi connectivity index (χ3n) is 6.40. The Morgan fingerprint density at radius 3 is 2.22 bits per heavy atom. The summed E-state index contributed by atoms with van der Waals surface area (Å²) in [5.41, 5.74) is -0.838. The molecule has 4 rings (SSSR count). The van der Waals surface area contributed by atoms with E-state index in [1.54, 1.807) is 0 Å². The number of rotatable bonds is 6. The molecule has 1 atom stereocenters. The van der Waals surface area contributed by atoms with Crippen LogP contribution in [0.4, 0.5) is 17.6 Å². The molecule has 200 valence electrons. The van der Waals surface area contributed by atoms with E-state index in [0.29, 0.717) is 6.54 Å². The molecule has 0 aliphatic carbocycles. The van der Waals surface area contributed by atoms with Crippen molar-refractivity contribution in [3.63, 3.8) is 0 Å². The van der Waals surface area contributed by atoms with Crippen molar-refractivity contribution in [2.45, 2.75) is 32.2 Å². The monoisotopic (exact) mass is 535 g/mol. The van der Waals surface area contributed by atoms with E-state index < -0.39 is 45.6 Å². The Hall–Kier alpha value is -2.76. The van der Waals surface area contributed by atoms with Crippen LogP contribution in [-0.2, 0) is 26.3 Å². The number of likely N-dealkylation sites (tertiary alicyclic amines) is 1. The van der Waals surface area contributed by atoms with Crippen molar-refractivity contribution in [3.05, 3.63) is 34.9 Å². The van der Waals surface area contributed by atoms with E-state index in [4.69, 9.17) is 5.26 Å². The first kappa shape index (κ1) is 27.8. The zero-order valence-corrected chi connectivity index (χ0v) is 20.2. The summed E-state index contributed by atoms with van der Waals surface area (Å²) in [7, 11) is -3.51. The average Bonchev–Trinajstić information content (AvgIpc) is 3.37. The molecule has 1 aromatic carbocycles. The highest BCUT2D eigenvalue weighted by Gasteiger charge is 2.42. The highest BCUT2D eigenvalue weighted by atomic mass is 32.2. The number of benzene rings is 1. The lowest BCUT2D eigenvalue weighted by molar-refractivity contribution is -0.135. The molecular weight excluding hydrogens is 506 g/mol. The predicted octanol–water partition coefficient (Wildman–Crippen LogP) is 1.76. The van der Waals surface area contributed by atoms with Crippen molar-refractivity contribution in [2.24, 2.45) is 11.8 Å². The second-order valence-corrected chi connectivity index (χ2v) is 10.8. The quantitative estimate of drug-likeness (QED) is 0.339.